The number of anilines is 1. The molecular formula is C15H26FN3. The smallest absolute Gasteiger partial charge is 0.123 e. The molecule has 0 aliphatic heterocycles. The number of nitrogens with one attached hydrogen (secondary N) is 1. The largest absolute Gasteiger partial charge is 0.374 e. The Balaban J connectivity index is 2.68. The highest BCUT2D eigenvalue weighted by Crippen LogP contribution is 2.20. The van der Waals surface area contributed by atoms with Crippen molar-refractivity contribution in [1.29, 1.82) is 0 Å². The summed E-state index contributed by atoms with van der Waals surface area (Å²) in [7, 11) is 6.22. The van der Waals surface area contributed by atoms with Crippen LogP contribution in [0.5, 0.6) is 0 Å². The quantitative estimate of drug-likeness (QED) is 0.780. The molecule has 0 amide bonds. The molecule has 0 saturated heterocycles. The Kier molecular flexibility index (Phi) is 6.81. The van der Waals surface area contributed by atoms with Crippen molar-refractivity contribution in [1.82, 2.24) is 10.2 Å². The Morgan fingerprint density at radius 1 is 1.16 bits per heavy atom. The van der Waals surface area contributed by atoms with E-state index in [4.69, 9.17) is 0 Å². The van der Waals surface area contributed by atoms with Crippen molar-refractivity contribution < 1.29 is 4.39 Å². The van der Waals surface area contributed by atoms with Crippen molar-refractivity contribution in [2.75, 3.05) is 45.7 Å². The molecule has 0 heterocycles. The highest BCUT2D eigenvalue weighted by molar-refractivity contribution is 5.53. The first kappa shape index (κ1) is 15.9. The highest BCUT2D eigenvalue weighted by atomic mass is 19.1. The molecule has 0 spiro atoms. The van der Waals surface area contributed by atoms with E-state index in [2.05, 4.69) is 43.2 Å². The fourth-order valence-electron chi connectivity index (χ4n) is 2.07. The van der Waals surface area contributed by atoms with Crippen molar-refractivity contribution in [3.63, 3.8) is 0 Å². The van der Waals surface area contributed by atoms with Crippen LogP contribution in [0.4, 0.5) is 10.1 Å². The predicted molar refractivity (Wildman–Crippen MR) is 80.2 cm³/mol. The minimum Gasteiger partial charge on any atom is -0.374 e. The molecule has 1 aromatic carbocycles. The van der Waals surface area contributed by atoms with Gasteiger partial charge < -0.3 is 15.1 Å². The van der Waals surface area contributed by atoms with Crippen LogP contribution in [-0.2, 0) is 6.54 Å². The number of hydrogen-bond donors (Lipinski definition) is 1. The first-order chi connectivity index (χ1) is 9.04. The number of hydrogen-bond acceptors (Lipinski definition) is 3. The van der Waals surface area contributed by atoms with E-state index >= 15 is 0 Å². The number of benzene rings is 1. The van der Waals surface area contributed by atoms with Crippen LogP contribution in [0.2, 0.25) is 0 Å². The molecule has 1 rings (SSSR count). The van der Waals surface area contributed by atoms with Gasteiger partial charge in [0.15, 0.2) is 0 Å². The number of halogens is 1. The molecule has 0 aliphatic rings. The van der Waals surface area contributed by atoms with E-state index in [-0.39, 0.29) is 5.82 Å². The molecule has 0 aromatic heterocycles. The lowest BCUT2D eigenvalue weighted by atomic mass is 10.1. The van der Waals surface area contributed by atoms with Gasteiger partial charge in [0.05, 0.1) is 0 Å². The zero-order chi connectivity index (χ0) is 14.3. The normalized spacial score (nSPS) is 11.1. The lowest BCUT2D eigenvalue weighted by Crippen LogP contribution is -2.25. The van der Waals surface area contributed by atoms with Gasteiger partial charge in [-0.1, -0.05) is 6.92 Å². The molecule has 0 bridgehead atoms. The zero-order valence-electron chi connectivity index (χ0n) is 12.5. The standard InChI is InChI=1S/C15H26FN3/c1-5-17-12-13-11-14(16)7-8-15(13)19(4)10-6-9-18(2)3/h7-8,11,17H,5-6,9-10,12H2,1-4H3. The van der Waals surface area contributed by atoms with E-state index in [1.54, 1.807) is 6.07 Å². The molecule has 0 radical (unpaired) electrons. The van der Waals surface area contributed by atoms with E-state index < -0.39 is 0 Å². The first-order valence-electron chi connectivity index (χ1n) is 6.89. The van der Waals surface area contributed by atoms with Crippen LogP contribution < -0.4 is 10.2 Å². The van der Waals surface area contributed by atoms with Crippen LogP contribution in [0, 0.1) is 5.82 Å². The molecular weight excluding hydrogens is 241 g/mol. The molecule has 19 heavy (non-hydrogen) atoms. The summed E-state index contributed by atoms with van der Waals surface area (Å²) in [6.45, 7) is 5.69. The van der Waals surface area contributed by atoms with Crippen LogP contribution in [-0.4, -0.2) is 45.7 Å². The van der Waals surface area contributed by atoms with Crippen molar-refractivity contribution in [3.05, 3.63) is 29.6 Å². The van der Waals surface area contributed by atoms with Crippen LogP contribution in [0.15, 0.2) is 18.2 Å². The summed E-state index contributed by atoms with van der Waals surface area (Å²) >= 11 is 0. The summed E-state index contributed by atoms with van der Waals surface area (Å²) in [6, 6.07) is 5.03. The van der Waals surface area contributed by atoms with Gasteiger partial charge in [-0.2, -0.15) is 0 Å². The van der Waals surface area contributed by atoms with Gasteiger partial charge in [0.1, 0.15) is 5.82 Å². The summed E-state index contributed by atoms with van der Waals surface area (Å²) in [5.41, 5.74) is 2.13. The second-order valence-corrected chi connectivity index (χ2v) is 5.13. The van der Waals surface area contributed by atoms with Gasteiger partial charge in [0.25, 0.3) is 0 Å². The molecule has 0 aliphatic carbocycles. The summed E-state index contributed by atoms with van der Waals surface area (Å²) in [4.78, 5) is 4.38. The second kappa shape index (κ2) is 8.12. The summed E-state index contributed by atoms with van der Waals surface area (Å²) in [5.74, 6) is -0.168. The molecule has 3 nitrogen and oxygen atoms in total. The van der Waals surface area contributed by atoms with Crippen molar-refractivity contribution in [3.8, 4) is 0 Å². The maximum Gasteiger partial charge on any atom is 0.123 e. The van der Waals surface area contributed by atoms with Crippen LogP contribution in [0.3, 0.4) is 0 Å². The fraction of sp³-hybridized carbons (Fsp3) is 0.600. The van der Waals surface area contributed by atoms with Crippen molar-refractivity contribution >= 4 is 5.69 Å². The Labute approximate surface area is 116 Å². The summed E-state index contributed by atoms with van der Waals surface area (Å²) < 4.78 is 13.3. The van der Waals surface area contributed by atoms with Crippen LogP contribution in [0.25, 0.3) is 0 Å². The average Bonchev–Trinajstić information content (AvgIpc) is 2.35. The average molecular weight is 267 g/mol. The van der Waals surface area contributed by atoms with Gasteiger partial charge in [0, 0.05) is 25.8 Å². The Hall–Kier alpha value is -1.13. The SMILES string of the molecule is CCNCc1cc(F)ccc1N(C)CCCN(C)C. The van der Waals surface area contributed by atoms with E-state index in [0.29, 0.717) is 6.54 Å². The lowest BCUT2D eigenvalue weighted by Gasteiger charge is -2.23. The number of rotatable bonds is 8. The zero-order valence-corrected chi connectivity index (χ0v) is 12.5. The molecule has 4 heteroatoms. The third-order valence-corrected chi connectivity index (χ3v) is 3.12. The van der Waals surface area contributed by atoms with Crippen molar-refractivity contribution in [2.24, 2.45) is 0 Å². The molecule has 0 atom stereocenters. The maximum atomic E-state index is 13.3. The van der Waals surface area contributed by atoms with Gasteiger partial charge in [-0.05, 0) is 57.4 Å². The third kappa shape index (κ3) is 5.57. The van der Waals surface area contributed by atoms with E-state index in [1.165, 1.54) is 6.07 Å². The molecule has 0 fully saturated rings. The van der Waals surface area contributed by atoms with Gasteiger partial charge in [-0.25, -0.2) is 4.39 Å². The Morgan fingerprint density at radius 3 is 2.53 bits per heavy atom. The first-order valence-corrected chi connectivity index (χ1v) is 6.89. The molecule has 0 saturated carbocycles. The van der Waals surface area contributed by atoms with Gasteiger partial charge in [-0.15, -0.1) is 0 Å². The topological polar surface area (TPSA) is 18.5 Å². The molecule has 0 unspecified atom stereocenters. The Morgan fingerprint density at radius 2 is 1.89 bits per heavy atom. The minimum atomic E-state index is -0.168. The van der Waals surface area contributed by atoms with Gasteiger partial charge in [0.2, 0.25) is 0 Å². The molecule has 1 aromatic rings. The maximum absolute atomic E-state index is 13.3. The summed E-state index contributed by atoms with van der Waals surface area (Å²) in [5, 5.41) is 3.26. The lowest BCUT2D eigenvalue weighted by molar-refractivity contribution is 0.401. The third-order valence-electron chi connectivity index (χ3n) is 3.12. The van der Waals surface area contributed by atoms with Crippen LogP contribution in [0.1, 0.15) is 18.9 Å². The highest BCUT2D eigenvalue weighted by Gasteiger charge is 2.08. The minimum absolute atomic E-state index is 0.168. The second-order valence-electron chi connectivity index (χ2n) is 5.13. The van der Waals surface area contributed by atoms with E-state index in [9.17, 15) is 4.39 Å². The summed E-state index contributed by atoms with van der Waals surface area (Å²) in [6.07, 6.45) is 1.10. The monoisotopic (exact) mass is 267 g/mol. The van der Waals surface area contributed by atoms with E-state index in [1.807, 2.05) is 6.07 Å². The number of nitrogens with zero attached hydrogens (tertiary/aromatic N) is 2. The van der Waals surface area contributed by atoms with Crippen molar-refractivity contribution in [2.45, 2.75) is 19.9 Å². The van der Waals surface area contributed by atoms with Gasteiger partial charge in [-0.3, -0.25) is 0 Å². The fourth-order valence-corrected chi connectivity index (χ4v) is 2.07. The molecule has 1 N–H and O–H groups in total. The van der Waals surface area contributed by atoms with E-state index in [0.717, 1.165) is 37.3 Å². The Bertz CT molecular complexity index is 380. The molecule has 108 valence electrons. The predicted octanol–water partition coefficient (Wildman–Crippen LogP) is 2.32. The van der Waals surface area contributed by atoms with Gasteiger partial charge >= 0.3 is 0 Å². The van der Waals surface area contributed by atoms with Crippen LogP contribution >= 0.6 is 0 Å².